The average Bonchev–Trinajstić information content (AvgIpc) is 2.55. The van der Waals surface area contributed by atoms with Crippen molar-refractivity contribution in [3.8, 4) is 0 Å². The van der Waals surface area contributed by atoms with Crippen molar-refractivity contribution in [2.24, 2.45) is 0 Å². The number of rotatable bonds is 5. The van der Waals surface area contributed by atoms with E-state index in [1.807, 2.05) is 31.6 Å². The molecule has 0 aromatic carbocycles. The van der Waals surface area contributed by atoms with Crippen LogP contribution in [0.3, 0.4) is 0 Å². The maximum absolute atomic E-state index is 11.5. The standard InChI is InChI=1S/C10H15NOS/c1-11(2)7-3-5-9(12)10-6-4-8-13-10/h4,6,8H,3,5,7H2,1-2H3. The van der Waals surface area contributed by atoms with Gasteiger partial charge in [0.2, 0.25) is 0 Å². The first kappa shape index (κ1) is 10.4. The van der Waals surface area contributed by atoms with Gasteiger partial charge in [0.15, 0.2) is 5.78 Å². The molecule has 2 nitrogen and oxygen atoms in total. The Morgan fingerprint density at radius 3 is 2.85 bits per heavy atom. The van der Waals surface area contributed by atoms with Gasteiger partial charge in [-0.05, 0) is 38.5 Å². The molecule has 0 aliphatic rings. The van der Waals surface area contributed by atoms with Crippen LogP contribution >= 0.6 is 11.3 Å². The van der Waals surface area contributed by atoms with Gasteiger partial charge < -0.3 is 4.90 Å². The number of ketones is 1. The van der Waals surface area contributed by atoms with Gasteiger partial charge in [-0.3, -0.25) is 4.79 Å². The molecule has 0 N–H and O–H groups in total. The molecule has 1 aromatic rings. The monoisotopic (exact) mass is 197 g/mol. The van der Waals surface area contributed by atoms with E-state index in [0.29, 0.717) is 6.42 Å². The van der Waals surface area contributed by atoms with E-state index in [1.54, 1.807) is 0 Å². The summed E-state index contributed by atoms with van der Waals surface area (Å²) in [5.41, 5.74) is 0. The Balaban J connectivity index is 2.27. The molecule has 0 bridgehead atoms. The molecule has 72 valence electrons. The van der Waals surface area contributed by atoms with Crippen LogP contribution in [0.1, 0.15) is 22.5 Å². The van der Waals surface area contributed by atoms with Gasteiger partial charge in [0, 0.05) is 6.42 Å². The summed E-state index contributed by atoms with van der Waals surface area (Å²) in [7, 11) is 4.05. The first-order valence-corrected chi connectivity index (χ1v) is 5.29. The minimum atomic E-state index is 0.275. The molecule has 13 heavy (non-hydrogen) atoms. The van der Waals surface area contributed by atoms with Gasteiger partial charge in [0.25, 0.3) is 0 Å². The minimum Gasteiger partial charge on any atom is -0.309 e. The first-order valence-electron chi connectivity index (χ1n) is 4.41. The molecule has 0 aliphatic carbocycles. The zero-order valence-corrected chi connectivity index (χ0v) is 8.93. The van der Waals surface area contributed by atoms with E-state index < -0.39 is 0 Å². The highest BCUT2D eigenvalue weighted by molar-refractivity contribution is 7.12. The second-order valence-corrected chi connectivity index (χ2v) is 4.26. The van der Waals surface area contributed by atoms with Gasteiger partial charge >= 0.3 is 0 Å². The first-order chi connectivity index (χ1) is 6.20. The predicted molar refractivity (Wildman–Crippen MR) is 56.4 cm³/mol. The molecule has 1 heterocycles. The van der Waals surface area contributed by atoms with Crippen LogP contribution in [-0.4, -0.2) is 31.3 Å². The Hall–Kier alpha value is -0.670. The molecule has 0 fully saturated rings. The van der Waals surface area contributed by atoms with Crippen LogP contribution in [0.2, 0.25) is 0 Å². The third kappa shape index (κ3) is 3.70. The number of hydrogen-bond acceptors (Lipinski definition) is 3. The number of thiophene rings is 1. The molecule has 1 aromatic heterocycles. The van der Waals surface area contributed by atoms with Crippen LogP contribution < -0.4 is 0 Å². The van der Waals surface area contributed by atoms with Crippen molar-refractivity contribution in [3.05, 3.63) is 22.4 Å². The number of Topliss-reactive ketones (excluding diaryl/α,β-unsaturated/α-hetero) is 1. The van der Waals surface area contributed by atoms with Gasteiger partial charge in [-0.15, -0.1) is 11.3 Å². The van der Waals surface area contributed by atoms with Gasteiger partial charge in [0.05, 0.1) is 4.88 Å². The maximum Gasteiger partial charge on any atom is 0.172 e. The summed E-state index contributed by atoms with van der Waals surface area (Å²) in [4.78, 5) is 14.5. The van der Waals surface area contributed by atoms with Gasteiger partial charge in [-0.1, -0.05) is 6.07 Å². The molecule has 0 saturated carbocycles. The fourth-order valence-corrected chi connectivity index (χ4v) is 1.81. The molecule has 0 radical (unpaired) electrons. The van der Waals surface area contributed by atoms with Crippen molar-refractivity contribution < 1.29 is 4.79 Å². The van der Waals surface area contributed by atoms with E-state index in [-0.39, 0.29) is 5.78 Å². The van der Waals surface area contributed by atoms with Crippen LogP contribution in [0.15, 0.2) is 17.5 Å². The molecular weight excluding hydrogens is 182 g/mol. The lowest BCUT2D eigenvalue weighted by atomic mass is 10.2. The summed E-state index contributed by atoms with van der Waals surface area (Å²) in [5, 5.41) is 1.94. The van der Waals surface area contributed by atoms with Crippen molar-refractivity contribution in [1.29, 1.82) is 0 Å². The Labute approximate surface area is 83.2 Å². The molecule has 0 unspecified atom stereocenters. The highest BCUT2D eigenvalue weighted by Gasteiger charge is 2.05. The van der Waals surface area contributed by atoms with Crippen molar-refractivity contribution in [2.45, 2.75) is 12.8 Å². The Bertz CT molecular complexity index is 254. The molecule has 0 atom stereocenters. The molecule has 0 amide bonds. The summed E-state index contributed by atoms with van der Waals surface area (Å²) in [5.74, 6) is 0.275. The Kier molecular flexibility index (Phi) is 4.12. The van der Waals surface area contributed by atoms with Crippen molar-refractivity contribution in [3.63, 3.8) is 0 Å². The molecule has 3 heteroatoms. The lowest BCUT2D eigenvalue weighted by Gasteiger charge is -2.07. The smallest absolute Gasteiger partial charge is 0.172 e. The minimum absolute atomic E-state index is 0.275. The quantitative estimate of drug-likeness (QED) is 0.675. The highest BCUT2D eigenvalue weighted by atomic mass is 32.1. The van der Waals surface area contributed by atoms with E-state index in [4.69, 9.17) is 0 Å². The number of carbonyl (C=O) groups excluding carboxylic acids is 1. The van der Waals surface area contributed by atoms with Crippen LogP contribution in [0.25, 0.3) is 0 Å². The van der Waals surface area contributed by atoms with E-state index in [1.165, 1.54) is 11.3 Å². The highest BCUT2D eigenvalue weighted by Crippen LogP contribution is 2.12. The summed E-state index contributed by atoms with van der Waals surface area (Å²) >= 11 is 1.53. The number of carbonyl (C=O) groups is 1. The van der Waals surface area contributed by atoms with Gasteiger partial charge in [0.1, 0.15) is 0 Å². The van der Waals surface area contributed by atoms with Crippen LogP contribution in [0, 0.1) is 0 Å². The zero-order valence-electron chi connectivity index (χ0n) is 8.12. The number of hydrogen-bond donors (Lipinski definition) is 0. The van der Waals surface area contributed by atoms with Crippen LogP contribution in [-0.2, 0) is 0 Å². The lowest BCUT2D eigenvalue weighted by molar-refractivity contribution is 0.0981. The summed E-state index contributed by atoms with van der Waals surface area (Å²) in [6.07, 6.45) is 1.61. The Morgan fingerprint density at radius 2 is 2.31 bits per heavy atom. The van der Waals surface area contributed by atoms with E-state index in [9.17, 15) is 4.79 Å². The second-order valence-electron chi connectivity index (χ2n) is 3.31. The maximum atomic E-state index is 11.5. The zero-order chi connectivity index (χ0) is 9.68. The second kappa shape index (κ2) is 5.14. The van der Waals surface area contributed by atoms with E-state index in [0.717, 1.165) is 17.8 Å². The van der Waals surface area contributed by atoms with E-state index >= 15 is 0 Å². The van der Waals surface area contributed by atoms with Crippen molar-refractivity contribution in [1.82, 2.24) is 4.90 Å². The third-order valence-electron chi connectivity index (χ3n) is 1.81. The molecule has 0 saturated heterocycles. The van der Waals surface area contributed by atoms with Crippen LogP contribution in [0.5, 0.6) is 0 Å². The van der Waals surface area contributed by atoms with E-state index in [2.05, 4.69) is 4.90 Å². The third-order valence-corrected chi connectivity index (χ3v) is 2.72. The molecule has 0 aliphatic heterocycles. The summed E-state index contributed by atoms with van der Waals surface area (Å²) < 4.78 is 0. The van der Waals surface area contributed by atoms with Gasteiger partial charge in [-0.2, -0.15) is 0 Å². The number of nitrogens with zero attached hydrogens (tertiary/aromatic N) is 1. The lowest BCUT2D eigenvalue weighted by Crippen LogP contribution is -2.14. The largest absolute Gasteiger partial charge is 0.309 e. The van der Waals surface area contributed by atoms with Crippen LogP contribution in [0.4, 0.5) is 0 Å². The van der Waals surface area contributed by atoms with Gasteiger partial charge in [-0.25, -0.2) is 0 Å². The summed E-state index contributed by atoms with van der Waals surface area (Å²) in [6.45, 7) is 0.983. The Morgan fingerprint density at radius 1 is 1.54 bits per heavy atom. The van der Waals surface area contributed by atoms with Crippen molar-refractivity contribution >= 4 is 17.1 Å². The normalized spacial score (nSPS) is 10.7. The molecule has 0 spiro atoms. The topological polar surface area (TPSA) is 20.3 Å². The average molecular weight is 197 g/mol. The predicted octanol–water partition coefficient (Wildman–Crippen LogP) is 2.27. The SMILES string of the molecule is CN(C)CCCC(=O)c1cccs1. The summed E-state index contributed by atoms with van der Waals surface area (Å²) in [6, 6.07) is 3.81. The molecular formula is C10H15NOS. The molecule has 1 rings (SSSR count). The van der Waals surface area contributed by atoms with Crippen molar-refractivity contribution in [2.75, 3.05) is 20.6 Å². The fourth-order valence-electron chi connectivity index (χ4n) is 1.12. The fraction of sp³-hybridized carbons (Fsp3) is 0.500.